The van der Waals surface area contributed by atoms with Gasteiger partial charge in [0.2, 0.25) is 0 Å². The van der Waals surface area contributed by atoms with Crippen LogP contribution in [-0.2, 0) is 14.3 Å². The van der Waals surface area contributed by atoms with Crippen LogP contribution in [0, 0.1) is 29.1 Å². The van der Waals surface area contributed by atoms with Gasteiger partial charge in [-0.1, -0.05) is 34.6 Å². The molecule has 1 fully saturated rings. The molecule has 8 atom stereocenters. The van der Waals surface area contributed by atoms with Crippen molar-refractivity contribution < 1.29 is 24.5 Å². The van der Waals surface area contributed by atoms with Gasteiger partial charge in [0.15, 0.2) is 0 Å². The van der Waals surface area contributed by atoms with Crippen molar-refractivity contribution in [2.45, 2.75) is 85.7 Å². The fourth-order valence-corrected chi connectivity index (χ4v) is 4.63. The second kappa shape index (κ2) is 9.88. The third-order valence-corrected chi connectivity index (χ3v) is 6.96. The molecule has 0 aromatic heterocycles. The van der Waals surface area contributed by atoms with E-state index in [1.165, 1.54) is 6.92 Å². The van der Waals surface area contributed by atoms with E-state index >= 15 is 0 Å². The van der Waals surface area contributed by atoms with Gasteiger partial charge in [-0.2, -0.15) is 0 Å². The second-order valence-electron chi connectivity index (χ2n) is 10.0. The van der Waals surface area contributed by atoms with Gasteiger partial charge in [-0.25, -0.2) is 0 Å². The summed E-state index contributed by atoms with van der Waals surface area (Å²) < 4.78 is 11.1. The average Bonchev–Trinajstić information content (AvgIpc) is 2.62. The van der Waals surface area contributed by atoms with Crippen molar-refractivity contribution in [2.75, 3.05) is 20.3 Å². The maximum atomic E-state index is 12.7. The molecule has 0 bridgehead atoms. The van der Waals surface area contributed by atoms with Crippen LogP contribution in [0.4, 0.5) is 0 Å². The van der Waals surface area contributed by atoms with E-state index in [2.05, 4.69) is 39.9 Å². The zero-order valence-electron chi connectivity index (χ0n) is 19.3. The zero-order valence-corrected chi connectivity index (χ0v) is 19.3. The van der Waals surface area contributed by atoms with Gasteiger partial charge in [0.25, 0.3) is 0 Å². The first-order valence-corrected chi connectivity index (χ1v) is 10.6. The van der Waals surface area contributed by atoms with Crippen LogP contribution in [-0.4, -0.2) is 60.3 Å². The molecule has 0 saturated carbocycles. The Kier molecular flexibility index (Phi) is 8.94. The second-order valence-corrected chi connectivity index (χ2v) is 10.0. The van der Waals surface area contributed by atoms with Crippen LogP contribution in [0.3, 0.4) is 0 Å². The number of methoxy groups -OCH3 is 1. The van der Waals surface area contributed by atoms with Crippen molar-refractivity contribution in [3.63, 3.8) is 0 Å². The predicted octanol–water partition coefficient (Wildman–Crippen LogP) is 2.61. The van der Waals surface area contributed by atoms with Crippen LogP contribution in [0.15, 0.2) is 0 Å². The fourth-order valence-electron chi connectivity index (χ4n) is 4.63. The molecular weight excluding hydrogens is 358 g/mol. The Morgan fingerprint density at radius 2 is 1.71 bits per heavy atom. The normalized spacial score (nSPS) is 44.2. The lowest BCUT2D eigenvalue weighted by Crippen LogP contribution is -2.54. The largest absolute Gasteiger partial charge is 0.462 e. The lowest BCUT2D eigenvalue weighted by atomic mass is 9.66. The van der Waals surface area contributed by atoms with Crippen LogP contribution in [0.25, 0.3) is 0 Å². The Hall–Kier alpha value is -0.690. The average molecular weight is 402 g/mol. The molecule has 6 heteroatoms. The minimum absolute atomic E-state index is 0.0500. The monoisotopic (exact) mass is 401 g/mol. The molecular formula is C22H43NO5. The molecule has 0 spiro atoms. The quantitative estimate of drug-likeness (QED) is 0.586. The molecule has 1 aliphatic heterocycles. The summed E-state index contributed by atoms with van der Waals surface area (Å²) in [6.45, 7) is 16.7. The molecule has 5 unspecified atom stereocenters. The molecule has 3 N–H and O–H groups in total. The number of ether oxygens (including phenoxy) is 2. The number of hydrogen-bond donors (Lipinski definition) is 3. The van der Waals surface area contributed by atoms with E-state index in [0.717, 1.165) is 13.0 Å². The highest BCUT2D eigenvalue weighted by Gasteiger charge is 2.41. The summed E-state index contributed by atoms with van der Waals surface area (Å²) in [5.74, 6) is -0.0146. The first-order chi connectivity index (χ1) is 12.7. The summed E-state index contributed by atoms with van der Waals surface area (Å²) in [5, 5.41) is 24.6. The molecule has 0 radical (unpaired) electrons. The molecule has 0 amide bonds. The van der Waals surface area contributed by atoms with Crippen LogP contribution in [0.5, 0.6) is 0 Å². The minimum Gasteiger partial charge on any atom is -0.462 e. The summed E-state index contributed by atoms with van der Waals surface area (Å²) in [6.07, 6.45) is -0.342. The van der Waals surface area contributed by atoms with Crippen LogP contribution in [0.2, 0.25) is 0 Å². The molecule has 6 nitrogen and oxygen atoms in total. The predicted molar refractivity (Wildman–Crippen MR) is 111 cm³/mol. The van der Waals surface area contributed by atoms with E-state index in [0.29, 0.717) is 11.8 Å². The minimum atomic E-state index is -1.54. The molecule has 0 aromatic carbocycles. The highest BCUT2D eigenvalue weighted by atomic mass is 16.5. The molecule has 1 rings (SSSR count). The van der Waals surface area contributed by atoms with E-state index < -0.39 is 23.6 Å². The van der Waals surface area contributed by atoms with Gasteiger partial charge in [-0.05, 0) is 56.9 Å². The number of carbonyl (C=O) groups excluding carboxylic acids is 1. The number of cyclic esters (lactones) is 1. The summed E-state index contributed by atoms with van der Waals surface area (Å²) >= 11 is 0. The van der Waals surface area contributed by atoms with Crippen molar-refractivity contribution >= 4 is 5.97 Å². The Labute approximate surface area is 171 Å². The van der Waals surface area contributed by atoms with E-state index in [9.17, 15) is 15.0 Å². The van der Waals surface area contributed by atoms with E-state index in [1.807, 2.05) is 13.8 Å². The molecule has 1 aliphatic rings. The van der Waals surface area contributed by atoms with Crippen molar-refractivity contribution in [2.24, 2.45) is 29.1 Å². The van der Waals surface area contributed by atoms with Gasteiger partial charge in [-0.15, -0.1) is 0 Å². The molecule has 0 aromatic rings. The first-order valence-electron chi connectivity index (χ1n) is 10.6. The molecule has 1 saturated heterocycles. The molecule has 166 valence electrons. The highest BCUT2D eigenvalue weighted by molar-refractivity contribution is 5.72. The molecule has 0 aliphatic carbocycles. The fraction of sp³-hybridized carbons (Fsp3) is 0.955. The summed E-state index contributed by atoms with van der Waals surface area (Å²) in [6, 6.07) is -0.329. The van der Waals surface area contributed by atoms with Gasteiger partial charge in [-0.3, -0.25) is 4.79 Å². The van der Waals surface area contributed by atoms with Crippen LogP contribution >= 0.6 is 0 Å². The smallest absolute Gasteiger partial charge is 0.311 e. The SMILES string of the molecule is COC1C(C)C(=O)OCC(C)(O)C(O)C(C)NC[C@H](C)CC(C)(C)[C@H](C)[C@H]1C. The van der Waals surface area contributed by atoms with E-state index in [4.69, 9.17) is 9.47 Å². The molecule has 28 heavy (non-hydrogen) atoms. The Morgan fingerprint density at radius 3 is 2.25 bits per heavy atom. The van der Waals surface area contributed by atoms with Gasteiger partial charge >= 0.3 is 5.97 Å². The van der Waals surface area contributed by atoms with Gasteiger partial charge in [0, 0.05) is 13.2 Å². The van der Waals surface area contributed by atoms with Crippen molar-refractivity contribution in [1.82, 2.24) is 5.32 Å². The van der Waals surface area contributed by atoms with Crippen molar-refractivity contribution in [3.05, 3.63) is 0 Å². The Balaban J connectivity index is 3.19. The maximum Gasteiger partial charge on any atom is 0.311 e. The highest BCUT2D eigenvalue weighted by Crippen LogP contribution is 2.41. The van der Waals surface area contributed by atoms with Gasteiger partial charge in [0.1, 0.15) is 18.3 Å². The standard InChI is InChI=1S/C22H43NO5/c1-13-10-21(6,7)16(4)14(2)18(27-9)15(3)20(25)28-12-22(8,26)19(24)17(5)23-11-13/h13-19,23-24,26H,10-12H2,1-9H3/t13-,14-,15?,16-,17?,18?,19?,22?/m1/s1. The number of esters is 1. The number of aliphatic hydroxyl groups excluding tert-OH is 1. The zero-order chi connectivity index (χ0) is 21.9. The number of aliphatic hydroxyl groups is 2. The molecule has 1 heterocycles. The summed E-state index contributed by atoms with van der Waals surface area (Å²) in [4.78, 5) is 12.7. The van der Waals surface area contributed by atoms with Gasteiger partial charge in [0.05, 0.1) is 12.0 Å². The van der Waals surface area contributed by atoms with Crippen molar-refractivity contribution in [1.29, 1.82) is 0 Å². The number of rotatable bonds is 1. The number of hydrogen-bond acceptors (Lipinski definition) is 6. The van der Waals surface area contributed by atoms with E-state index in [1.54, 1.807) is 7.11 Å². The third kappa shape index (κ3) is 6.15. The summed E-state index contributed by atoms with van der Waals surface area (Å²) in [7, 11) is 1.63. The first kappa shape index (κ1) is 25.3. The lowest BCUT2D eigenvalue weighted by molar-refractivity contribution is -0.170. The Morgan fingerprint density at radius 1 is 1.14 bits per heavy atom. The van der Waals surface area contributed by atoms with Crippen LogP contribution < -0.4 is 5.32 Å². The Bertz CT molecular complexity index is 507. The maximum absolute atomic E-state index is 12.7. The summed E-state index contributed by atoms with van der Waals surface area (Å²) in [5.41, 5.74) is -1.49. The number of nitrogens with one attached hydrogen (secondary N) is 1. The lowest BCUT2D eigenvalue weighted by Gasteiger charge is -2.41. The van der Waals surface area contributed by atoms with E-state index in [-0.39, 0.29) is 30.1 Å². The van der Waals surface area contributed by atoms with Crippen molar-refractivity contribution in [3.8, 4) is 0 Å². The van der Waals surface area contributed by atoms with Crippen LogP contribution in [0.1, 0.15) is 61.8 Å². The van der Waals surface area contributed by atoms with Gasteiger partial charge < -0.3 is 25.0 Å². The number of carbonyl (C=O) groups is 1. The third-order valence-electron chi connectivity index (χ3n) is 6.96. The topological polar surface area (TPSA) is 88.0 Å².